The van der Waals surface area contributed by atoms with Gasteiger partial charge in [0.2, 0.25) is 0 Å². The quantitative estimate of drug-likeness (QED) is 0.801. The molecule has 0 bridgehead atoms. The highest BCUT2D eigenvalue weighted by molar-refractivity contribution is 7.09. The highest BCUT2D eigenvalue weighted by Crippen LogP contribution is 2.09. The summed E-state index contributed by atoms with van der Waals surface area (Å²) in [6, 6.07) is 0. The molecule has 0 aliphatic carbocycles. The minimum Gasteiger partial charge on any atom is -0.370 e. The normalized spacial score (nSPS) is 10.5. The molecule has 0 atom stereocenters. The van der Waals surface area contributed by atoms with Gasteiger partial charge in [-0.25, -0.2) is 4.79 Å². The lowest BCUT2D eigenvalue weighted by Gasteiger charge is -2.06. The minimum atomic E-state index is -0.335. The van der Waals surface area contributed by atoms with Gasteiger partial charge in [-0.3, -0.25) is 9.36 Å². The third-order valence-electron chi connectivity index (χ3n) is 2.33. The van der Waals surface area contributed by atoms with E-state index in [-0.39, 0.29) is 11.2 Å². The van der Waals surface area contributed by atoms with Crippen LogP contribution in [0.15, 0.2) is 22.0 Å². The van der Waals surface area contributed by atoms with Gasteiger partial charge in [0.15, 0.2) is 0 Å². The summed E-state index contributed by atoms with van der Waals surface area (Å²) in [7, 11) is 3.07. The number of hydrogen-bond acceptors (Lipinski definition) is 6. The van der Waals surface area contributed by atoms with Gasteiger partial charge < -0.3 is 9.88 Å². The third kappa shape index (κ3) is 2.26. The van der Waals surface area contributed by atoms with E-state index in [1.165, 1.54) is 29.3 Å². The first kappa shape index (κ1) is 11.5. The minimum absolute atomic E-state index is 0.293. The lowest BCUT2D eigenvalue weighted by Crippen LogP contribution is -2.38. The number of rotatable bonds is 3. The lowest BCUT2D eigenvalue weighted by atomic mass is 10.3. The van der Waals surface area contributed by atoms with Gasteiger partial charge in [0.25, 0.3) is 5.56 Å². The van der Waals surface area contributed by atoms with Gasteiger partial charge in [-0.1, -0.05) is 4.49 Å². The first-order valence-electron chi connectivity index (χ1n) is 4.86. The SMILES string of the molecule is Cn1cc(CNc2cnns2)c(=O)n(C)c1=O. The van der Waals surface area contributed by atoms with Crippen LogP contribution in [-0.4, -0.2) is 18.7 Å². The van der Waals surface area contributed by atoms with Crippen LogP contribution in [0.5, 0.6) is 0 Å². The summed E-state index contributed by atoms with van der Waals surface area (Å²) < 4.78 is 6.16. The Hall–Kier alpha value is -1.96. The van der Waals surface area contributed by atoms with Crippen LogP contribution in [0.1, 0.15) is 5.56 Å². The lowest BCUT2D eigenvalue weighted by molar-refractivity contribution is 0.671. The van der Waals surface area contributed by atoms with Crippen LogP contribution in [0.3, 0.4) is 0 Å². The second-order valence-electron chi connectivity index (χ2n) is 3.55. The predicted molar refractivity (Wildman–Crippen MR) is 64.2 cm³/mol. The molecule has 0 saturated heterocycles. The van der Waals surface area contributed by atoms with Gasteiger partial charge in [0.1, 0.15) is 5.00 Å². The van der Waals surface area contributed by atoms with E-state index in [0.717, 1.165) is 9.57 Å². The molecular formula is C9H11N5O2S. The molecule has 0 fully saturated rings. The monoisotopic (exact) mass is 253 g/mol. The molecule has 17 heavy (non-hydrogen) atoms. The maximum absolute atomic E-state index is 11.8. The molecule has 2 rings (SSSR count). The van der Waals surface area contributed by atoms with Crippen LogP contribution >= 0.6 is 11.5 Å². The maximum Gasteiger partial charge on any atom is 0.330 e. The molecule has 0 aliphatic rings. The Balaban J connectivity index is 2.28. The first-order valence-corrected chi connectivity index (χ1v) is 5.63. The van der Waals surface area contributed by atoms with Crippen LogP contribution in [0.2, 0.25) is 0 Å². The summed E-state index contributed by atoms with van der Waals surface area (Å²) in [6.07, 6.45) is 3.11. The van der Waals surface area contributed by atoms with Crippen LogP contribution in [0.25, 0.3) is 0 Å². The van der Waals surface area contributed by atoms with Crippen molar-refractivity contribution in [2.75, 3.05) is 5.32 Å². The molecule has 0 radical (unpaired) electrons. The molecule has 0 aromatic carbocycles. The summed E-state index contributed by atoms with van der Waals surface area (Å²) in [5, 5.41) is 7.47. The van der Waals surface area contributed by atoms with Crippen molar-refractivity contribution in [2.45, 2.75) is 6.54 Å². The van der Waals surface area contributed by atoms with E-state index >= 15 is 0 Å². The van der Waals surface area contributed by atoms with Crippen molar-refractivity contribution >= 4 is 16.5 Å². The average Bonchev–Trinajstić information content (AvgIpc) is 2.82. The van der Waals surface area contributed by atoms with E-state index in [4.69, 9.17) is 0 Å². The van der Waals surface area contributed by atoms with Crippen LogP contribution in [0.4, 0.5) is 5.00 Å². The van der Waals surface area contributed by atoms with Crippen molar-refractivity contribution < 1.29 is 0 Å². The highest BCUT2D eigenvalue weighted by atomic mass is 32.1. The number of hydrogen-bond donors (Lipinski definition) is 1. The number of nitrogens with one attached hydrogen (secondary N) is 1. The molecule has 1 N–H and O–H groups in total. The molecule has 2 aromatic heterocycles. The summed E-state index contributed by atoms with van der Waals surface area (Å²) in [5.41, 5.74) is -0.112. The molecule has 90 valence electrons. The summed E-state index contributed by atoms with van der Waals surface area (Å²) in [4.78, 5) is 23.2. The second kappa shape index (κ2) is 4.50. The average molecular weight is 253 g/mol. The fourth-order valence-electron chi connectivity index (χ4n) is 1.43. The van der Waals surface area contributed by atoms with E-state index in [0.29, 0.717) is 12.1 Å². The summed E-state index contributed by atoms with van der Waals surface area (Å²) >= 11 is 1.21. The Morgan fingerprint density at radius 1 is 1.41 bits per heavy atom. The first-order chi connectivity index (χ1) is 8.09. The van der Waals surface area contributed by atoms with Crippen molar-refractivity contribution in [2.24, 2.45) is 14.1 Å². The zero-order valence-electron chi connectivity index (χ0n) is 9.38. The molecule has 2 heterocycles. The van der Waals surface area contributed by atoms with Crippen LogP contribution in [0, 0.1) is 0 Å². The second-order valence-corrected chi connectivity index (χ2v) is 4.33. The Bertz CT molecular complexity index is 628. The molecule has 0 aliphatic heterocycles. The van der Waals surface area contributed by atoms with E-state index in [1.807, 2.05) is 0 Å². The molecule has 7 nitrogen and oxygen atoms in total. The molecule has 0 amide bonds. The van der Waals surface area contributed by atoms with Crippen LogP contribution < -0.4 is 16.6 Å². The van der Waals surface area contributed by atoms with Crippen molar-refractivity contribution in [3.05, 3.63) is 38.8 Å². The summed E-state index contributed by atoms with van der Waals surface area (Å²) in [5.74, 6) is 0. The molecule has 2 aromatic rings. The Labute approximate surface area is 101 Å². The standard InChI is InChI=1S/C9H11N5O2S/c1-13-5-6(8(15)14(2)9(13)16)3-10-7-4-11-12-17-7/h4-5,10H,3H2,1-2H3. The zero-order chi connectivity index (χ0) is 12.4. The topological polar surface area (TPSA) is 81.8 Å². The van der Waals surface area contributed by atoms with Crippen molar-refractivity contribution in [1.29, 1.82) is 0 Å². The van der Waals surface area contributed by atoms with Crippen LogP contribution in [-0.2, 0) is 20.6 Å². The third-order valence-corrected chi connectivity index (χ3v) is 2.95. The van der Waals surface area contributed by atoms with E-state index in [9.17, 15) is 9.59 Å². The highest BCUT2D eigenvalue weighted by Gasteiger charge is 2.06. The number of anilines is 1. The van der Waals surface area contributed by atoms with Gasteiger partial charge >= 0.3 is 5.69 Å². The van der Waals surface area contributed by atoms with Crippen molar-refractivity contribution in [3.63, 3.8) is 0 Å². The summed E-state index contributed by atoms with van der Waals surface area (Å²) in [6.45, 7) is 0.338. The van der Waals surface area contributed by atoms with Crippen molar-refractivity contribution in [1.82, 2.24) is 18.7 Å². The van der Waals surface area contributed by atoms with Gasteiger partial charge in [-0.2, -0.15) is 0 Å². The van der Waals surface area contributed by atoms with E-state index in [2.05, 4.69) is 14.9 Å². The molecule has 0 spiro atoms. The predicted octanol–water partition coefficient (Wildman–Crippen LogP) is -0.452. The van der Waals surface area contributed by atoms with Gasteiger partial charge in [0.05, 0.1) is 11.8 Å². The Morgan fingerprint density at radius 2 is 2.18 bits per heavy atom. The number of aromatic nitrogens is 4. The molecule has 8 heteroatoms. The number of nitrogens with zero attached hydrogens (tertiary/aromatic N) is 4. The van der Waals surface area contributed by atoms with Gasteiger partial charge in [-0.15, -0.1) is 5.10 Å². The largest absolute Gasteiger partial charge is 0.370 e. The van der Waals surface area contributed by atoms with E-state index in [1.54, 1.807) is 13.2 Å². The smallest absolute Gasteiger partial charge is 0.330 e. The maximum atomic E-state index is 11.8. The van der Waals surface area contributed by atoms with Gasteiger partial charge in [0, 0.05) is 38.4 Å². The Kier molecular flexibility index (Phi) is 3.05. The Morgan fingerprint density at radius 3 is 2.82 bits per heavy atom. The van der Waals surface area contributed by atoms with E-state index < -0.39 is 0 Å². The van der Waals surface area contributed by atoms with Crippen molar-refractivity contribution in [3.8, 4) is 0 Å². The zero-order valence-corrected chi connectivity index (χ0v) is 10.2. The molecule has 0 unspecified atom stereocenters. The fraction of sp³-hybridized carbons (Fsp3) is 0.333. The molecular weight excluding hydrogens is 242 g/mol. The van der Waals surface area contributed by atoms with Gasteiger partial charge in [-0.05, 0) is 0 Å². The number of aryl methyl sites for hydroxylation is 1. The molecule has 0 saturated carbocycles. The fourth-order valence-corrected chi connectivity index (χ4v) is 1.84.